The maximum Gasteiger partial charge on any atom is 0.385 e. The highest BCUT2D eigenvalue weighted by Gasteiger charge is 2.09. The lowest BCUT2D eigenvalue weighted by Crippen LogP contribution is -2.23. The second-order valence-corrected chi connectivity index (χ2v) is 2.71. The fourth-order valence-corrected chi connectivity index (χ4v) is 1.06. The molecule has 15 heavy (non-hydrogen) atoms. The quantitative estimate of drug-likeness (QED) is 0.551. The van der Waals surface area contributed by atoms with Gasteiger partial charge in [0.25, 0.3) is 0 Å². The molecular weight excluding hydrogens is 194 g/mol. The molecule has 0 atom stereocenters. The highest BCUT2D eigenvalue weighted by atomic mass is 16.9. The number of nitrogens with zero attached hydrogens (tertiary/aromatic N) is 3. The summed E-state index contributed by atoms with van der Waals surface area (Å²) in [5, 5.41) is 9.87. The van der Waals surface area contributed by atoms with Crippen molar-refractivity contribution in [3.63, 3.8) is 0 Å². The fourth-order valence-electron chi connectivity index (χ4n) is 1.06. The Morgan fingerprint density at radius 2 is 1.67 bits per heavy atom. The zero-order valence-corrected chi connectivity index (χ0v) is 8.88. The van der Waals surface area contributed by atoms with Crippen LogP contribution in [0.5, 0.6) is 0 Å². The fraction of sp³-hybridized carbons (Fsp3) is 0.400. The standard InChI is InChI=1S/C10H14N3O2/c1-3-14-13(15-4-2)10-7-5-9(12-11)6-8-10/h5-8H,3-4H2,1-2H3/q+1. The van der Waals surface area contributed by atoms with Crippen molar-refractivity contribution >= 4 is 11.4 Å². The number of hydrogen-bond acceptors (Lipinski definition) is 4. The van der Waals surface area contributed by atoms with Crippen LogP contribution in [-0.2, 0) is 9.68 Å². The third-order valence-corrected chi connectivity index (χ3v) is 1.67. The summed E-state index contributed by atoms with van der Waals surface area (Å²) in [5.41, 5.74) is 1.25. The lowest BCUT2D eigenvalue weighted by molar-refractivity contribution is -0.0817. The number of hydrogen-bond donors (Lipinski definition) is 0. The van der Waals surface area contributed by atoms with Gasteiger partial charge in [0.15, 0.2) is 4.98 Å². The first-order valence-electron chi connectivity index (χ1n) is 4.83. The maximum absolute atomic E-state index is 8.52. The minimum atomic E-state index is 0.492. The third-order valence-electron chi connectivity index (χ3n) is 1.67. The van der Waals surface area contributed by atoms with Crippen molar-refractivity contribution in [1.29, 1.82) is 5.39 Å². The van der Waals surface area contributed by atoms with Crippen molar-refractivity contribution in [3.8, 4) is 0 Å². The number of rotatable bonds is 5. The summed E-state index contributed by atoms with van der Waals surface area (Å²) in [6, 6.07) is 6.83. The van der Waals surface area contributed by atoms with Gasteiger partial charge < -0.3 is 0 Å². The summed E-state index contributed by atoms with van der Waals surface area (Å²) < 4.78 is 0. The van der Waals surface area contributed by atoms with Gasteiger partial charge >= 0.3 is 5.69 Å². The van der Waals surface area contributed by atoms with Gasteiger partial charge in [-0.05, 0) is 26.0 Å². The highest BCUT2D eigenvalue weighted by Crippen LogP contribution is 2.20. The van der Waals surface area contributed by atoms with Crippen LogP contribution in [0.25, 0.3) is 4.98 Å². The Morgan fingerprint density at radius 3 is 2.07 bits per heavy atom. The van der Waals surface area contributed by atoms with Gasteiger partial charge in [0.2, 0.25) is 5.39 Å². The lowest BCUT2D eigenvalue weighted by atomic mass is 10.3. The summed E-state index contributed by atoms with van der Waals surface area (Å²) in [6.45, 7) is 4.80. The second-order valence-electron chi connectivity index (χ2n) is 2.71. The number of anilines is 1. The molecule has 0 amide bonds. The Morgan fingerprint density at radius 1 is 1.13 bits per heavy atom. The first kappa shape index (κ1) is 11.4. The van der Waals surface area contributed by atoms with Crippen LogP contribution in [0.4, 0.5) is 11.4 Å². The topological polar surface area (TPSA) is 49.9 Å². The second kappa shape index (κ2) is 5.96. The Hall–Kier alpha value is -1.64. The minimum Gasteiger partial charge on any atom is -0.249 e. The molecule has 0 saturated carbocycles. The van der Waals surface area contributed by atoms with Crippen LogP contribution >= 0.6 is 0 Å². The van der Waals surface area contributed by atoms with Crippen molar-refractivity contribution in [2.75, 3.05) is 18.4 Å². The van der Waals surface area contributed by atoms with E-state index >= 15 is 0 Å². The van der Waals surface area contributed by atoms with Gasteiger partial charge in [-0.3, -0.25) is 0 Å². The average molecular weight is 208 g/mol. The van der Waals surface area contributed by atoms with E-state index in [0.29, 0.717) is 18.9 Å². The molecule has 0 heterocycles. The van der Waals surface area contributed by atoms with E-state index in [1.165, 1.54) is 5.23 Å². The molecule has 5 heteroatoms. The maximum atomic E-state index is 8.52. The molecular formula is C10H14N3O2+. The lowest BCUT2D eigenvalue weighted by Gasteiger charge is -2.20. The number of diazo groups is 1. The molecule has 0 spiro atoms. The van der Waals surface area contributed by atoms with Crippen LogP contribution in [0.1, 0.15) is 13.8 Å². The summed E-state index contributed by atoms with van der Waals surface area (Å²) >= 11 is 0. The molecule has 0 aliphatic rings. The highest BCUT2D eigenvalue weighted by molar-refractivity contribution is 5.53. The predicted molar refractivity (Wildman–Crippen MR) is 56.9 cm³/mol. The van der Waals surface area contributed by atoms with Crippen molar-refractivity contribution in [2.45, 2.75) is 13.8 Å². The Labute approximate surface area is 88.7 Å². The smallest absolute Gasteiger partial charge is 0.249 e. The molecule has 80 valence electrons. The van der Waals surface area contributed by atoms with Crippen molar-refractivity contribution in [1.82, 2.24) is 0 Å². The van der Waals surface area contributed by atoms with E-state index < -0.39 is 0 Å². The normalized spacial score (nSPS) is 9.67. The van der Waals surface area contributed by atoms with Crippen LogP contribution < -0.4 is 5.23 Å². The van der Waals surface area contributed by atoms with Crippen LogP contribution in [0.3, 0.4) is 0 Å². The van der Waals surface area contributed by atoms with Gasteiger partial charge in [-0.25, -0.2) is 9.68 Å². The molecule has 0 radical (unpaired) electrons. The van der Waals surface area contributed by atoms with Gasteiger partial charge in [0.05, 0.1) is 18.9 Å². The molecule has 1 aromatic rings. The molecule has 0 saturated heterocycles. The van der Waals surface area contributed by atoms with E-state index in [2.05, 4.69) is 4.98 Å². The molecule has 0 bridgehead atoms. The molecule has 5 nitrogen and oxygen atoms in total. The number of benzene rings is 1. The molecule has 1 rings (SSSR count). The first-order valence-corrected chi connectivity index (χ1v) is 4.83. The molecule has 0 aliphatic carbocycles. The molecule has 0 N–H and O–H groups in total. The van der Waals surface area contributed by atoms with E-state index in [1.54, 1.807) is 24.3 Å². The molecule has 0 aromatic heterocycles. The Balaban J connectivity index is 2.77. The first-order chi connectivity index (χ1) is 7.31. The van der Waals surface area contributed by atoms with E-state index in [1.807, 2.05) is 13.8 Å². The molecule has 0 aliphatic heterocycles. The summed E-state index contributed by atoms with van der Waals surface area (Å²) in [6.07, 6.45) is 0. The van der Waals surface area contributed by atoms with Gasteiger partial charge in [0.1, 0.15) is 0 Å². The monoisotopic (exact) mass is 208 g/mol. The SMILES string of the molecule is CCON(OCC)c1ccc([N+]#N)cc1. The third kappa shape index (κ3) is 3.20. The average Bonchev–Trinajstić information content (AvgIpc) is 2.29. The van der Waals surface area contributed by atoms with E-state index in [0.717, 1.165) is 5.69 Å². The van der Waals surface area contributed by atoms with Crippen molar-refractivity contribution < 1.29 is 9.68 Å². The van der Waals surface area contributed by atoms with Gasteiger partial charge in [-0.2, -0.15) is 0 Å². The van der Waals surface area contributed by atoms with E-state index in [9.17, 15) is 0 Å². The van der Waals surface area contributed by atoms with Crippen LogP contribution in [0.15, 0.2) is 24.3 Å². The minimum absolute atomic E-state index is 0.492. The Bertz CT molecular complexity index is 326. The largest absolute Gasteiger partial charge is 0.385 e. The Kier molecular flexibility index (Phi) is 4.54. The van der Waals surface area contributed by atoms with Crippen LogP contribution in [0, 0.1) is 5.39 Å². The summed E-state index contributed by atoms with van der Waals surface area (Å²) in [5.74, 6) is 0. The van der Waals surface area contributed by atoms with Crippen molar-refractivity contribution in [2.24, 2.45) is 0 Å². The molecule has 0 unspecified atom stereocenters. The van der Waals surface area contributed by atoms with Gasteiger partial charge in [0, 0.05) is 12.1 Å². The van der Waals surface area contributed by atoms with Crippen LogP contribution in [0.2, 0.25) is 0 Å². The van der Waals surface area contributed by atoms with E-state index in [-0.39, 0.29) is 0 Å². The van der Waals surface area contributed by atoms with Gasteiger partial charge in [-0.15, -0.1) is 5.23 Å². The molecule has 1 aromatic carbocycles. The zero-order chi connectivity index (χ0) is 11.1. The zero-order valence-electron chi connectivity index (χ0n) is 8.88. The molecule has 0 fully saturated rings. The van der Waals surface area contributed by atoms with Gasteiger partial charge in [-0.1, -0.05) is 0 Å². The van der Waals surface area contributed by atoms with Crippen molar-refractivity contribution in [3.05, 3.63) is 29.2 Å². The van der Waals surface area contributed by atoms with Crippen LogP contribution in [-0.4, -0.2) is 13.2 Å². The van der Waals surface area contributed by atoms with E-state index in [4.69, 9.17) is 15.1 Å². The summed E-state index contributed by atoms with van der Waals surface area (Å²) in [4.78, 5) is 13.6. The summed E-state index contributed by atoms with van der Waals surface area (Å²) in [7, 11) is 0. The predicted octanol–water partition coefficient (Wildman–Crippen LogP) is 2.88.